The van der Waals surface area contributed by atoms with Crippen molar-refractivity contribution in [2.45, 2.75) is 51.4 Å². The van der Waals surface area contributed by atoms with Gasteiger partial charge in [0, 0.05) is 24.8 Å². The van der Waals surface area contributed by atoms with E-state index in [1.54, 1.807) is 0 Å². The molecule has 15 heavy (non-hydrogen) atoms. The van der Waals surface area contributed by atoms with Gasteiger partial charge in [-0.1, -0.05) is 6.08 Å². The highest BCUT2D eigenvalue weighted by molar-refractivity contribution is 5.08. The van der Waals surface area contributed by atoms with Crippen molar-refractivity contribution in [3.05, 3.63) is 11.8 Å². The minimum Gasteiger partial charge on any atom is -0.372 e. The Morgan fingerprint density at radius 1 is 1.33 bits per heavy atom. The fourth-order valence-corrected chi connectivity index (χ4v) is 2.54. The molecule has 1 fully saturated rings. The zero-order valence-electron chi connectivity index (χ0n) is 9.78. The third kappa shape index (κ3) is 2.73. The van der Waals surface area contributed by atoms with Crippen molar-refractivity contribution in [1.29, 1.82) is 0 Å². The van der Waals surface area contributed by atoms with Gasteiger partial charge < -0.3 is 15.4 Å². The van der Waals surface area contributed by atoms with E-state index in [1.807, 2.05) is 0 Å². The van der Waals surface area contributed by atoms with Gasteiger partial charge in [0.15, 0.2) is 0 Å². The van der Waals surface area contributed by atoms with Gasteiger partial charge in [0.05, 0.1) is 12.2 Å². The minimum atomic E-state index is 0.352. The fourth-order valence-electron chi connectivity index (χ4n) is 2.54. The van der Waals surface area contributed by atoms with Crippen LogP contribution in [0.4, 0.5) is 0 Å². The highest BCUT2D eigenvalue weighted by Crippen LogP contribution is 2.23. The van der Waals surface area contributed by atoms with Crippen molar-refractivity contribution in [3.8, 4) is 0 Å². The number of nitrogens with zero attached hydrogens (tertiary/aromatic N) is 1. The second-order valence-electron chi connectivity index (χ2n) is 4.89. The molecule has 0 radical (unpaired) electrons. The van der Waals surface area contributed by atoms with Gasteiger partial charge >= 0.3 is 0 Å². The van der Waals surface area contributed by atoms with Gasteiger partial charge in [0.25, 0.3) is 0 Å². The molecule has 2 rings (SSSR count). The molecule has 86 valence electrons. The lowest BCUT2D eigenvalue weighted by atomic mass is 9.98. The quantitative estimate of drug-likeness (QED) is 0.712. The maximum atomic E-state index is 5.89. The van der Waals surface area contributed by atoms with Crippen LogP contribution in [0.3, 0.4) is 0 Å². The van der Waals surface area contributed by atoms with Crippen molar-refractivity contribution in [2.75, 3.05) is 13.1 Å². The van der Waals surface area contributed by atoms with Crippen molar-refractivity contribution in [2.24, 2.45) is 5.73 Å². The summed E-state index contributed by atoms with van der Waals surface area (Å²) in [5, 5.41) is 0. The molecule has 3 unspecified atom stereocenters. The summed E-state index contributed by atoms with van der Waals surface area (Å²) < 4.78 is 5.73. The number of hydrogen-bond donors (Lipinski definition) is 1. The molecule has 0 spiro atoms. The molecule has 3 atom stereocenters. The number of ether oxygens (including phenoxy) is 1. The minimum absolute atomic E-state index is 0.352. The van der Waals surface area contributed by atoms with Crippen LogP contribution in [0.25, 0.3) is 0 Å². The lowest BCUT2D eigenvalue weighted by Crippen LogP contribution is -2.45. The van der Waals surface area contributed by atoms with E-state index in [0.29, 0.717) is 18.2 Å². The number of nitrogens with two attached hydrogens (primary N) is 1. The maximum Gasteiger partial charge on any atom is 0.0726 e. The van der Waals surface area contributed by atoms with Crippen LogP contribution in [-0.2, 0) is 4.74 Å². The zero-order chi connectivity index (χ0) is 10.8. The number of allylic oxidation sites excluding steroid dienone is 1. The summed E-state index contributed by atoms with van der Waals surface area (Å²) in [4.78, 5) is 2.48. The largest absolute Gasteiger partial charge is 0.372 e. The molecule has 1 saturated heterocycles. The molecule has 1 aliphatic carbocycles. The van der Waals surface area contributed by atoms with Gasteiger partial charge in [-0.15, -0.1) is 0 Å². The zero-order valence-corrected chi connectivity index (χ0v) is 9.78. The monoisotopic (exact) mass is 210 g/mol. The van der Waals surface area contributed by atoms with Gasteiger partial charge in [-0.05, 0) is 33.1 Å². The predicted octanol–water partition coefficient (Wildman–Crippen LogP) is 1.49. The molecule has 0 bridgehead atoms. The van der Waals surface area contributed by atoms with Crippen LogP contribution >= 0.6 is 0 Å². The van der Waals surface area contributed by atoms with E-state index in [4.69, 9.17) is 10.5 Å². The van der Waals surface area contributed by atoms with E-state index in [-0.39, 0.29) is 0 Å². The first-order valence-electron chi connectivity index (χ1n) is 6.00. The molecule has 2 N–H and O–H groups in total. The van der Waals surface area contributed by atoms with E-state index >= 15 is 0 Å². The SMILES string of the molecule is CC1CN(C2=CCC(N)CC2)CC(C)O1. The Morgan fingerprint density at radius 2 is 2.00 bits per heavy atom. The van der Waals surface area contributed by atoms with Crippen molar-refractivity contribution < 1.29 is 4.74 Å². The molecule has 3 heteroatoms. The third-order valence-corrected chi connectivity index (χ3v) is 3.25. The molecule has 1 heterocycles. The van der Waals surface area contributed by atoms with Gasteiger partial charge in [0.1, 0.15) is 0 Å². The van der Waals surface area contributed by atoms with Crippen LogP contribution in [-0.4, -0.2) is 36.2 Å². The summed E-state index contributed by atoms with van der Waals surface area (Å²) in [6, 6.07) is 0.379. The Balaban J connectivity index is 1.98. The lowest BCUT2D eigenvalue weighted by Gasteiger charge is -2.39. The van der Waals surface area contributed by atoms with E-state index in [9.17, 15) is 0 Å². The Kier molecular flexibility index (Phi) is 3.32. The van der Waals surface area contributed by atoms with Crippen LogP contribution in [0.15, 0.2) is 11.8 Å². The number of hydrogen-bond acceptors (Lipinski definition) is 3. The van der Waals surface area contributed by atoms with E-state index in [2.05, 4.69) is 24.8 Å². The van der Waals surface area contributed by atoms with Crippen molar-refractivity contribution >= 4 is 0 Å². The molecular formula is C12H22N2O. The Bertz CT molecular complexity index is 242. The van der Waals surface area contributed by atoms with Gasteiger partial charge in [-0.2, -0.15) is 0 Å². The highest BCUT2D eigenvalue weighted by Gasteiger charge is 2.24. The first kappa shape index (κ1) is 11.0. The normalized spacial score (nSPS) is 37.7. The summed E-state index contributed by atoms with van der Waals surface area (Å²) in [6.45, 7) is 6.37. The lowest BCUT2D eigenvalue weighted by molar-refractivity contribution is -0.0591. The summed E-state index contributed by atoms with van der Waals surface area (Å²) in [5.74, 6) is 0. The smallest absolute Gasteiger partial charge is 0.0726 e. The van der Waals surface area contributed by atoms with Crippen LogP contribution in [0.5, 0.6) is 0 Å². The summed E-state index contributed by atoms with van der Waals surface area (Å²) in [6.07, 6.45) is 6.33. The Labute approximate surface area is 92.3 Å². The maximum absolute atomic E-state index is 5.89. The molecule has 0 aromatic rings. The van der Waals surface area contributed by atoms with Crippen LogP contribution in [0.2, 0.25) is 0 Å². The van der Waals surface area contributed by atoms with Gasteiger partial charge in [-0.3, -0.25) is 0 Å². The Hall–Kier alpha value is -0.540. The predicted molar refractivity (Wildman–Crippen MR) is 61.5 cm³/mol. The molecular weight excluding hydrogens is 188 g/mol. The number of morpholine rings is 1. The molecule has 2 aliphatic rings. The van der Waals surface area contributed by atoms with Gasteiger partial charge in [-0.25, -0.2) is 0 Å². The topological polar surface area (TPSA) is 38.5 Å². The molecule has 0 aromatic heterocycles. The average Bonchev–Trinajstić information content (AvgIpc) is 2.17. The van der Waals surface area contributed by atoms with Crippen molar-refractivity contribution in [3.63, 3.8) is 0 Å². The molecule has 1 aliphatic heterocycles. The molecule has 0 amide bonds. The van der Waals surface area contributed by atoms with Gasteiger partial charge in [0.2, 0.25) is 0 Å². The van der Waals surface area contributed by atoms with E-state index in [1.165, 1.54) is 5.70 Å². The highest BCUT2D eigenvalue weighted by atomic mass is 16.5. The summed E-state index contributed by atoms with van der Waals surface area (Å²) >= 11 is 0. The molecule has 0 aromatic carbocycles. The fraction of sp³-hybridized carbons (Fsp3) is 0.833. The first-order valence-corrected chi connectivity index (χ1v) is 6.00. The second kappa shape index (κ2) is 4.54. The summed E-state index contributed by atoms with van der Waals surface area (Å²) in [5.41, 5.74) is 7.38. The number of rotatable bonds is 1. The first-order chi connectivity index (χ1) is 7.15. The molecule has 3 nitrogen and oxygen atoms in total. The molecule has 0 saturated carbocycles. The summed E-state index contributed by atoms with van der Waals surface area (Å²) in [7, 11) is 0. The third-order valence-electron chi connectivity index (χ3n) is 3.25. The van der Waals surface area contributed by atoms with E-state index in [0.717, 1.165) is 32.4 Å². The second-order valence-corrected chi connectivity index (χ2v) is 4.89. The van der Waals surface area contributed by atoms with Crippen LogP contribution in [0.1, 0.15) is 33.1 Å². The Morgan fingerprint density at radius 3 is 2.53 bits per heavy atom. The van der Waals surface area contributed by atoms with Crippen molar-refractivity contribution in [1.82, 2.24) is 4.90 Å². The van der Waals surface area contributed by atoms with Crippen LogP contribution in [0, 0.1) is 0 Å². The average molecular weight is 210 g/mol. The van der Waals surface area contributed by atoms with E-state index < -0.39 is 0 Å². The van der Waals surface area contributed by atoms with Crippen LogP contribution < -0.4 is 5.73 Å². The standard InChI is InChI=1S/C12H22N2O/c1-9-7-14(8-10(2)15-9)12-5-3-11(13)4-6-12/h5,9-11H,3-4,6-8,13H2,1-2H3.